The van der Waals surface area contributed by atoms with E-state index in [2.05, 4.69) is 15.3 Å². The summed E-state index contributed by atoms with van der Waals surface area (Å²) in [6, 6.07) is 19.0. The van der Waals surface area contributed by atoms with Crippen molar-refractivity contribution in [2.75, 3.05) is 24.8 Å². The molecule has 0 bridgehead atoms. The second kappa shape index (κ2) is 8.12. The zero-order chi connectivity index (χ0) is 17.5. The highest BCUT2D eigenvalue weighted by atomic mass is 16.5. The van der Waals surface area contributed by atoms with Gasteiger partial charge in [-0.15, -0.1) is 0 Å². The molecule has 1 heterocycles. The van der Waals surface area contributed by atoms with Crippen LogP contribution in [0.1, 0.15) is 5.82 Å². The minimum Gasteiger partial charge on any atom is -0.457 e. The highest BCUT2D eigenvalue weighted by molar-refractivity contribution is 5.59. The Balaban J connectivity index is 1.68. The number of anilines is 3. The number of rotatable bonds is 7. The van der Waals surface area contributed by atoms with Gasteiger partial charge < -0.3 is 20.5 Å². The fraction of sp³-hybridized carbons (Fsp3) is 0.158. The highest BCUT2D eigenvalue weighted by Gasteiger charge is 2.04. The van der Waals surface area contributed by atoms with Crippen molar-refractivity contribution in [3.05, 3.63) is 66.5 Å². The highest BCUT2D eigenvalue weighted by Crippen LogP contribution is 2.24. The average Bonchev–Trinajstić information content (AvgIpc) is 2.62. The van der Waals surface area contributed by atoms with E-state index in [9.17, 15) is 0 Å². The molecule has 0 aliphatic carbocycles. The van der Waals surface area contributed by atoms with Crippen LogP contribution in [0, 0.1) is 0 Å². The molecule has 0 fully saturated rings. The summed E-state index contributed by atoms with van der Waals surface area (Å²) in [6.07, 6.45) is 0.611. The van der Waals surface area contributed by atoms with Gasteiger partial charge in [-0.2, -0.15) is 0 Å². The van der Waals surface area contributed by atoms with Crippen LogP contribution in [0.25, 0.3) is 0 Å². The lowest BCUT2D eigenvalue weighted by molar-refractivity contribution is 0.200. The van der Waals surface area contributed by atoms with E-state index in [0.717, 1.165) is 17.2 Å². The molecule has 3 aromatic rings. The number of hydrogen-bond donors (Lipinski definition) is 2. The van der Waals surface area contributed by atoms with E-state index in [4.69, 9.17) is 15.2 Å². The van der Waals surface area contributed by atoms with E-state index in [1.54, 1.807) is 13.2 Å². The van der Waals surface area contributed by atoms with Crippen LogP contribution < -0.4 is 15.8 Å². The van der Waals surface area contributed by atoms with E-state index in [1.807, 2.05) is 54.6 Å². The summed E-state index contributed by atoms with van der Waals surface area (Å²) in [6.45, 7) is 0.550. The van der Waals surface area contributed by atoms with Gasteiger partial charge in [-0.1, -0.05) is 18.2 Å². The minimum atomic E-state index is 0.424. The first-order valence-electron chi connectivity index (χ1n) is 7.95. The monoisotopic (exact) mass is 336 g/mol. The Hall–Kier alpha value is -3.12. The van der Waals surface area contributed by atoms with Crippen LogP contribution in [0.5, 0.6) is 11.5 Å². The summed E-state index contributed by atoms with van der Waals surface area (Å²) in [5, 5.41) is 3.23. The molecule has 1 aromatic heterocycles. The number of hydrogen-bond acceptors (Lipinski definition) is 6. The molecule has 0 aliphatic rings. The van der Waals surface area contributed by atoms with E-state index in [0.29, 0.717) is 30.5 Å². The lowest BCUT2D eigenvalue weighted by atomic mass is 10.3. The third-order valence-corrected chi connectivity index (χ3v) is 3.43. The van der Waals surface area contributed by atoms with Crippen LogP contribution >= 0.6 is 0 Å². The summed E-state index contributed by atoms with van der Waals surface area (Å²) in [7, 11) is 1.64. The SMILES string of the molecule is COCCc1nc(N)cc(Nc2ccc(Oc3ccccc3)cc2)n1. The van der Waals surface area contributed by atoms with Crippen LogP contribution in [0.15, 0.2) is 60.7 Å². The second-order valence-electron chi connectivity index (χ2n) is 5.40. The summed E-state index contributed by atoms with van der Waals surface area (Å²) in [5.41, 5.74) is 6.73. The average molecular weight is 336 g/mol. The summed E-state index contributed by atoms with van der Waals surface area (Å²) in [5.74, 6) is 3.28. The number of para-hydroxylation sites is 1. The van der Waals surface area contributed by atoms with E-state index < -0.39 is 0 Å². The second-order valence-corrected chi connectivity index (χ2v) is 5.40. The van der Waals surface area contributed by atoms with Gasteiger partial charge in [-0.3, -0.25) is 0 Å². The van der Waals surface area contributed by atoms with Gasteiger partial charge in [0.05, 0.1) is 6.61 Å². The molecule has 0 amide bonds. The number of benzene rings is 2. The maximum atomic E-state index is 5.84. The van der Waals surface area contributed by atoms with Crippen LogP contribution in [0.2, 0.25) is 0 Å². The van der Waals surface area contributed by atoms with Gasteiger partial charge in [0, 0.05) is 25.3 Å². The first-order valence-corrected chi connectivity index (χ1v) is 7.95. The molecule has 0 radical (unpaired) electrons. The topological polar surface area (TPSA) is 82.3 Å². The van der Waals surface area contributed by atoms with Crippen molar-refractivity contribution < 1.29 is 9.47 Å². The molecule has 0 saturated heterocycles. The fourth-order valence-electron chi connectivity index (χ4n) is 2.27. The van der Waals surface area contributed by atoms with E-state index in [1.165, 1.54) is 0 Å². The van der Waals surface area contributed by atoms with Crippen LogP contribution in [0.3, 0.4) is 0 Å². The van der Waals surface area contributed by atoms with Gasteiger partial charge in [0.2, 0.25) is 0 Å². The first-order chi connectivity index (χ1) is 12.2. The molecular formula is C19H20N4O2. The van der Waals surface area contributed by atoms with Gasteiger partial charge in [0.25, 0.3) is 0 Å². The fourth-order valence-corrected chi connectivity index (χ4v) is 2.27. The lowest BCUT2D eigenvalue weighted by Crippen LogP contribution is -2.06. The zero-order valence-electron chi connectivity index (χ0n) is 14.0. The van der Waals surface area contributed by atoms with Gasteiger partial charge in [0.1, 0.15) is 29.0 Å². The molecule has 2 aromatic carbocycles. The van der Waals surface area contributed by atoms with Crippen molar-refractivity contribution in [3.8, 4) is 11.5 Å². The number of aromatic nitrogens is 2. The Morgan fingerprint density at radius 3 is 2.40 bits per heavy atom. The molecule has 0 atom stereocenters. The quantitative estimate of drug-likeness (QED) is 0.683. The number of methoxy groups -OCH3 is 1. The van der Waals surface area contributed by atoms with Gasteiger partial charge in [-0.05, 0) is 36.4 Å². The Morgan fingerprint density at radius 1 is 0.960 bits per heavy atom. The van der Waals surface area contributed by atoms with Crippen LogP contribution in [0.4, 0.5) is 17.3 Å². The third kappa shape index (κ3) is 4.92. The van der Waals surface area contributed by atoms with Gasteiger partial charge in [0.15, 0.2) is 0 Å². The van der Waals surface area contributed by atoms with Gasteiger partial charge in [-0.25, -0.2) is 9.97 Å². The normalized spacial score (nSPS) is 10.4. The molecule has 0 saturated carbocycles. The maximum Gasteiger partial charge on any atom is 0.136 e. The minimum absolute atomic E-state index is 0.424. The molecular weight excluding hydrogens is 316 g/mol. The van der Waals surface area contributed by atoms with Crippen LogP contribution in [-0.2, 0) is 11.2 Å². The molecule has 25 heavy (non-hydrogen) atoms. The molecule has 3 rings (SSSR count). The standard InChI is InChI=1S/C19H20N4O2/c1-24-12-11-18-22-17(20)13-19(23-18)21-14-7-9-16(10-8-14)25-15-5-3-2-4-6-15/h2-10,13H,11-12H2,1H3,(H3,20,21,22,23). The summed E-state index contributed by atoms with van der Waals surface area (Å²) < 4.78 is 10.8. The summed E-state index contributed by atoms with van der Waals surface area (Å²) >= 11 is 0. The Labute approximate surface area is 146 Å². The summed E-state index contributed by atoms with van der Waals surface area (Å²) in [4.78, 5) is 8.64. The smallest absolute Gasteiger partial charge is 0.136 e. The Kier molecular flexibility index (Phi) is 5.43. The first kappa shape index (κ1) is 16.7. The number of nitrogens with one attached hydrogen (secondary N) is 1. The molecule has 3 N–H and O–H groups in total. The molecule has 0 unspecified atom stereocenters. The lowest BCUT2D eigenvalue weighted by Gasteiger charge is -2.10. The molecule has 6 heteroatoms. The zero-order valence-corrected chi connectivity index (χ0v) is 14.0. The van der Waals surface area contributed by atoms with Crippen molar-refractivity contribution in [2.24, 2.45) is 0 Å². The predicted octanol–water partition coefficient (Wildman–Crippen LogP) is 3.78. The predicted molar refractivity (Wildman–Crippen MR) is 98.3 cm³/mol. The molecule has 6 nitrogen and oxygen atoms in total. The largest absolute Gasteiger partial charge is 0.457 e. The number of ether oxygens (including phenoxy) is 2. The number of nitrogen functional groups attached to an aromatic ring is 1. The molecule has 0 aliphatic heterocycles. The van der Waals surface area contributed by atoms with Gasteiger partial charge >= 0.3 is 0 Å². The van der Waals surface area contributed by atoms with Crippen molar-refractivity contribution in [1.29, 1.82) is 0 Å². The Bertz CT molecular complexity index is 807. The van der Waals surface area contributed by atoms with Crippen molar-refractivity contribution in [1.82, 2.24) is 9.97 Å². The van der Waals surface area contributed by atoms with Crippen LogP contribution in [-0.4, -0.2) is 23.7 Å². The van der Waals surface area contributed by atoms with Crippen molar-refractivity contribution in [2.45, 2.75) is 6.42 Å². The number of nitrogens with zero attached hydrogens (tertiary/aromatic N) is 2. The van der Waals surface area contributed by atoms with Crippen molar-refractivity contribution >= 4 is 17.3 Å². The Morgan fingerprint density at radius 2 is 1.68 bits per heavy atom. The third-order valence-electron chi connectivity index (χ3n) is 3.43. The molecule has 0 spiro atoms. The van der Waals surface area contributed by atoms with E-state index in [-0.39, 0.29) is 0 Å². The molecule has 128 valence electrons. The van der Waals surface area contributed by atoms with E-state index >= 15 is 0 Å². The maximum absolute atomic E-state index is 5.84. The number of nitrogens with two attached hydrogens (primary N) is 1. The van der Waals surface area contributed by atoms with Crippen molar-refractivity contribution in [3.63, 3.8) is 0 Å².